The lowest BCUT2D eigenvalue weighted by molar-refractivity contribution is -0.144. The molecule has 0 bridgehead atoms. The van der Waals surface area contributed by atoms with Crippen LogP contribution in [0.1, 0.15) is 17.0 Å². The van der Waals surface area contributed by atoms with Gasteiger partial charge in [0, 0.05) is 35.5 Å². The van der Waals surface area contributed by atoms with E-state index in [1.54, 1.807) is 42.5 Å². The molecule has 0 amide bonds. The summed E-state index contributed by atoms with van der Waals surface area (Å²) in [6, 6.07) is 15.1. The lowest BCUT2D eigenvalue weighted by Gasteiger charge is -2.24. The summed E-state index contributed by atoms with van der Waals surface area (Å²) in [4.78, 5) is 6.46. The molecule has 0 radical (unpaired) electrons. The number of ether oxygens (including phenoxy) is 2. The maximum Gasteiger partial charge on any atom is 0.451 e. The molecule has 1 N–H and O–H groups in total. The van der Waals surface area contributed by atoms with E-state index in [1.807, 2.05) is 0 Å². The minimum Gasteiger partial charge on any atom is -0.497 e. The monoisotopic (exact) mass is 628 g/mol. The van der Waals surface area contributed by atoms with Gasteiger partial charge >= 0.3 is 6.18 Å². The van der Waals surface area contributed by atoms with Gasteiger partial charge < -0.3 is 14.8 Å². The highest BCUT2D eigenvalue weighted by atomic mass is 35.5. The summed E-state index contributed by atoms with van der Waals surface area (Å²) in [7, 11) is 0.424. The molecule has 1 heterocycles. The van der Waals surface area contributed by atoms with Gasteiger partial charge in [-0.2, -0.15) is 13.2 Å². The van der Waals surface area contributed by atoms with E-state index in [9.17, 15) is 17.4 Å². The van der Waals surface area contributed by atoms with Crippen molar-refractivity contribution in [3.63, 3.8) is 0 Å². The second-order valence-corrected chi connectivity index (χ2v) is 10.6. The fourth-order valence-corrected chi connectivity index (χ4v) is 5.44. The minimum absolute atomic E-state index is 0.0300. The Morgan fingerprint density at radius 3 is 2.41 bits per heavy atom. The zero-order chi connectivity index (χ0) is 29.7. The number of alkyl halides is 3. The lowest BCUT2D eigenvalue weighted by Crippen LogP contribution is -2.28. The molecule has 0 spiro atoms. The van der Waals surface area contributed by atoms with Gasteiger partial charge in [-0.15, -0.1) is 0 Å². The Balaban J connectivity index is 1.72. The highest BCUT2D eigenvalue weighted by Crippen LogP contribution is 2.34. The van der Waals surface area contributed by atoms with Crippen LogP contribution in [-0.4, -0.2) is 28.4 Å². The Morgan fingerprint density at radius 2 is 1.73 bits per heavy atom. The zero-order valence-corrected chi connectivity index (χ0v) is 23.8. The van der Waals surface area contributed by atoms with Gasteiger partial charge in [0.05, 0.1) is 36.4 Å². The molecule has 0 saturated carbocycles. The van der Waals surface area contributed by atoms with E-state index >= 15 is 4.39 Å². The number of nitrogens with zero attached hydrogens (tertiary/aromatic N) is 3. The number of hydrogen-bond donors (Lipinski definition) is 1. The van der Waals surface area contributed by atoms with E-state index in [0.29, 0.717) is 22.1 Å². The number of methoxy groups -OCH3 is 2. The second kappa shape index (κ2) is 12.9. The van der Waals surface area contributed by atoms with Crippen LogP contribution < -0.4 is 19.1 Å². The summed E-state index contributed by atoms with van der Waals surface area (Å²) in [6.45, 7) is -0.0521. The molecule has 1 aromatic heterocycles. The van der Waals surface area contributed by atoms with Crippen molar-refractivity contribution in [1.82, 2.24) is 9.97 Å². The van der Waals surface area contributed by atoms with Crippen LogP contribution in [0, 0.1) is 5.82 Å². The largest absolute Gasteiger partial charge is 0.497 e. The topological polar surface area (TPSA) is 76.6 Å². The van der Waals surface area contributed by atoms with E-state index in [4.69, 9.17) is 32.7 Å². The molecule has 7 nitrogen and oxygen atoms in total. The van der Waals surface area contributed by atoms with E-state index in [0.717, 1.165) is 34.3 Å². The molecule has 0 aliphatic rings. The fraction of sp³-hybridized carbons (Fsp3) is 0.185. The Morgan fingerprint density at radius 1 is 0.976 bits per heavy atom. The molecule has 1 atom stereocenters. The van der Waals surface area contributed by atoms with Crippen LogP contribution in [-0.2, 0) is 30.3 Å². The molecule has 1 unspecified atom stereocenters. The van der Waals surface area contributed by atoms with Gasteiger partial charge in [-0.3, -0.25) is 4.31 Å². The van der Waals surface area contributed by atoms with Crippen LogP contribution in [0.3, 0.4) is 0 Å². The highest BCUT2D eigenvalue weighted by molar-refractivity contribution is 7.86. The Kier molecular flexibility index (Phi) is 9.57. The van der Waals surface area contributed by atoms with Crippen molar-refractivity contribution in [2.75, 3.05) is 23.8 Å². The first-order valence-electron chi connectivity index (χ1n) is 11.8. The molecule has 3 aromatic carbocycles. The van der Waals surface area contributed by atoms with Crippen molar-refractivity contribution < 1.29 is 31.2 Å². The summed E-state index contributed by atoms with van der Waals surface area (Å²) < 4.78 is 81.1. The predicted octanol–water partition coefficient (Wildman–Crippen LogP) is 7.30. The van der Waals surface area contributed by atoms with Gasteiger partial charge in [-0.05, 0) is 35.9 Å². The van der Waals surface area contributed by atoms with Gasteiger partial charge in [0.25, 0.3) is 0 Å². The van der Waals surface area contributed by atoms with Crippen LogP contribution in [0.25, 0.3) is 0 Å². The number of aromatic nitrogens is 2. The zero-order valence-electron chi connectivity index (χ0n) is 21.5. The first kappa shape index (κ1) is 30.4. The van der Waals surface area contributed by atoms with E-state index < -0.39 is 28.8 Å². The summed E-state index contributed by atoms with van der Waals surface area (Å²) in [5.74, 6) is -1.96. The van der Waals surface area contributed by atoms with E-state index in [1.165, 1.54) is 14.2 Å². The summed E-state index contributed by atoms with van der Waals surface area (Å²) in [6.07, 6.45) is -3.99. The van der Waals surface area contributed by atoms with Crippen LogP contribution in [0.5, 0.6) is 11.5 Å². The van der Waals surface area contributed by atoms with Gasteiger partial charge in [-0.1, -0.05) is 41.4 Å². The number of halogens is 6. The highest BCUT2D eigenvalue weighted by Gasteiger charge is 2.36. The Labute approximate surface area is 245 Å². The SMILES string of the molecule is COc1ccc(CN(c2ccnc(C(F)(F)F)n2)S(=O)c2cc(Cl)c(NCc3ccccc3Cl)cc2F)c(OC)c1. The standard InChI is InChI=1S/C27H22Cl2F4N4O3S/c1-39-18-8-7-17(23(11-18)40-2)15-37(25-9-10-34-26(36-25)27(31,32)33)41(38)24-12-20(29)22(13-21(24)30)35-14-16-5-3-4-6-19(16)28/h3-13,35H,14-15H2,1-2H3. The average Bonchev–Trinajstić information content (AvgIpc) is 2.96. The average molecular weight is 629 g/mol. The smallest absolute Gasteiger partial charge is 0.451 e. The molecule has 0 fully saturated rings. The first-order chi connectivity index (χ1) is 19.5. The molecule has 4 aromatic rings. The third-order valence-electron chi connectivity index (χ3n) is 5.80. The maximum atomic E-state index is 15.4. The first-order valence-corrected chi connectivity index (χ1v) is 13.6. The Bertz CT molecular complexity index is 1580. The minimum atomic E-state index is -4.87. The lowest BCUT2D eigenvalue weighted by atomic mass is 10.2. The fourth-order valence-electron chi connectivity index (χ4n) is 3.74. The van der Waals surface area contributed by atoms with E-state index in [2.05, 4.69) is 15.3 Å². The molecule has 0 aliphatic carbocycles. The number of nitrogens with one attached hydrogen (secondary N) is 1. The third kappa shape index (κ3) is 7.19. The quantitative estimate of drug-likeness (QED) is 0.186. The second-order valence-electron chi connectivity index (χ2n) is 8.41. The summed E-state index contributed by atoms with van der Waals surface area (Å²) in [5, 5.41) is 3.52. The van der Waals surface area contributed by atoms with Crippen molar-refractivity contribution in [2.45, 2.75) is 24.2 Å². The van der Waals surface area contributed by atoms with Crippen LogP contribution in [0.4, 0.5) is 29.1 Å². The molecule has 0 aliphatic heterocycles. The summed E-state index contributed by atoms with van der Waals surface area (Å²) in [5.41, 5.74) is 1.36. The molecule has 0 saturated heterocycles. The molecule has 41 heavy (non-hydrogen) atoms. The molecular formula is C27H22Cl2F4N4O3S. The van der Waals surface area contributed by atoms with Crippen LogP contribution >= 0.6 is 23.2 Å². The molecule has 216 valence electrons. The third-order valence-corrected chi connectivity index (χ3v) is 7.88. The number of anilines is 2. The van der Waals surface area contributed by atoms with Crippen molar-refractivity contribution in [2.24, 2.45) is 0 Å². The normalized spacial score (nSPS) is 12.1. The van der Waals surface area contributed by atoms with Gasteiger partial charge in [-0.25, -0.2) is 18.6 Å². The molecule has 4 rings (SSSR count). The summed E-state index contributed by atoms with van der Waals surface area (Å²) >= 11 is 12.6. The van der Waals surface area contributed by atoms with Crippen LogP contribution in [0.2, 0.25) is 10.0 Å². The van der Waals surface area contributed by atoms with Gasteiger partial charge in [0.15, 0.2) is 11.0 Å². The predicted molar refractivity (Wildman–Crippen MR) is 149 cm³/mol. The van der Waals surface area contributed by atoms with Crippen molar-refractivity contribution in [3.8, 4) is 11.5 Å². The van der Waals surface area contributed by atoms with E-state index in [-0.39, 0.29) is 34.5 Å². The van der Waals surface area contributed by atoms with Crippen molar-refractivity contribution >= 4 is 45.7 Å². The van der Waals surface area contributed by atoms with Crippen LogP contribution in [0.15, 0.2) is 71.8 Å². The number of rotatable bonds is 10. The maximum absolute atomic E-state index is 15.4. The van der Waals surface area contributed by atoms with Gasteiger partial charge in [0.2, 0.25) is 5.82 Å². The van der Waals surface area contributed by atoms with Crippen molar-refractivity contribution in [1.29, 1.82) is 0 Å². The van der Waals surface area contributed by atoms with Crippen molar-refractivity contribution in [3.05, 3.63) is 99.7 Å². The molecular weight excluding hydrogens is 607 g/mol. The van der Waals surface area contributed by atoms with Gasteiger partial charge in [0.1, 0.15) is 23.1 Å². The number of hydrogen-bond acceptors (Lipinski definition) is 6. The molecule has 14 heteroatoms. The Hall–Kier alpha value is -3.61. The number of benzene rings is 3.